The normalized spacial score (nSPS) is 15.0. The zero-order chi connectivity index (χ0) is 27.5. The first-order valence-corrected chi connectivity index (χ1v) is 13.4. The second-order valence-electron chi connectivity index (χ2n) is 8.60. The number of fused-ring (bicyclic) bond motifs is 1. The van der Waals surface area contributed by atoms with Crippen molar-refractivity contribution in [1.82, 2.24) is 4.57 Å². The van der Waals surface area contributed by atoms with E-state index in [4.69, 9.17) is 30.8 Å². The average molecular weight is 561 g/mol. The SMILES string of the molecule is CCOC(=O)C1=C(c2ccccc2)N=c2s/c(=C\c3ccc(Cl)cc3)c(=O)n2[C@@H]1c1ccc(OC)c(OC)c1. The van der Waals surface area contributed by atoms with Gasteiger partial charge in [-0.3, -0.25) is 9.36 Å². The number of halogens is 1. The maximum atomic E-state index is 13.9. The Labute approximate surface area is 233 Å². The molecule has 7 nitrogen and oxygen atoms in total. The molecule has 198 valence electrons. The Morgan fingerprint density at radius 3 is 2.41 bits per heavy atom. The summed E-state index contributed by atoms with van der Waals surface area (Å²) in [5.41, 5.74) is 2.65. The van der Waals surface area contributed by atoms with Gasteiger partial charge in [0, 0.05) is 10.6 Å². The van der Waals surface area contributed by atoms with Gasteiger partial charge in [0.05, 0.1) is 42.7 Å². The molecule has 1 aliphatic heterocycles. The highest BCUT2D eigenvalue weighted by Gasteiger charge is 2.35. The number of benzene rings is 3. The van der Waals surface area contributed by atoms with Crippen LogP contribution in [-0.4, -0.2) is 31.4 Å². The third-order valence-corrected chi connectivity index (χ3v) is 7.50. The lowest BCUT2D eigenvalue weighted by Gasteiger charge is -2.26. The molecule has 0 bridgehead atoms. The molecule has 9 heteroatoms. The molecule has 0 saturated heterocycles. The summed E-state index contributed by atoms with van der Waals surface area (Å²) in [6.45, 7) is 1.91. The zero-order valence-electron chi connectivity index (χ0n) is 21.5. The smallest absolute Gasteiger partial charge is 0.338 e. The molecule has 0 unspecified atom stereocenters. The van der Waals surface area contributed by atoms with E-state index in [2.05, 4.69) is 0 Å². The summed E-state index contributed by atoms with van der Waals surface area (Å²) >= 11 is 7.30. The standard InChI is InChI=1S/C30H25ClN2O5S/c1-4-38-29(35)25-26(19-8-6-5-7-9-19)32-30-33(27(25)20-12-15-22(36-2)23(17-20)37-3)28(34)24(39-30)16-18-10-13-21(31)14-11-18/h5-17,27H,4H2,1-3H3/b24-16-/t27-/m1/s1. The Hall–Kier alpha value is -4.14. The Balaban J connectivity index is 1.84. The van der Waals surface area contributed by atoms with Gasteiger partial charge in [-0.1, -0.05) is 71.5 Å². The van der Waals surface area contributed by atoms with Gasteiger partial charge in [-0.05, 0) is 48.4 Å². The van der Waals surface area contributed by atoms with E-state index in [1.807, 2.05) is 48.5 Å². The van der Waals surface area contributed by atoms with Crippen molar-refractivity contribution < 1.29 is 19.0 Å². The van der Waals surface area contributed by atoms with Crippen molar-refractivity contribution in [3.05, 3.63) is 120 Å². The fourth-order valence-corrected chi connectivity index (χ4v) is 5.62. The van der Waals surface area contributed by atoms with E-state index in [1.165, 1.54) is 18.4 Å². The molecule has 0 fully saturated rings. The van der Waals surface area contributed by atoms with Crippen LogP contribution in [-0.2, 0) is 9.53 Å². The predicted molar refractivity (Wildman–Crippen MR) is 152 cm³/mol. The molecule has 0 spiro atoms. The van der Waals surface area contributed by atoms with E-state index in [0.717, 1.165) is 11.1 Å². The fourth-order valence-electron chi connectivity index (χ4n) is 4.49. The van der Waals surface area contributed by atoms with Gasteiger partial charge >= 0.3 is 5.97 Å². The first-order chi connectivity index (χ1) is 18.9. The summed E-state index contributed by atoms with van der Waals surface area (Å²) in [5.74, 6) is 0.452. The van der Waals surface area contributed by atoms with E-state index in [9.17, 15) is 9.59 Å². The molecule has 0 aliphatic carbocycles. The third-order valence-electron chi connectivity index (χ3n) is 6.26. The van der Waals surface area contributed by atoms with Gasteiger partial charge in [0.2, 0.25) is 0 Å². The minimum atomic E-state index is -0.817. The topological polar surface area (TPSA) is 79.1 Å². The van der Waals surface area contributed by atoms with Crippen LogP contribution >= 0.6 is 22.9 Å². The Kier molecular flexibility index (Phi) is 7.67. The Morgan fingerprint density at radius 2 is 1.74 bits per heavy atom. The number of esters is 1. The van der Waals surface area contributed by atoms with Crippen LogP contribution in [0.3, 0.4) is 0 Å². The van der Waals surface area contributed by atoms with Crippen molar-refractivity contribution in [3.63, 3.8) is 0 Å². The van der Waals surface area contributed by atoms with Crippen molar-refractivity contribution in [2.24, 2.45) is 4.99 Å². The van der Waals surface area contributed by atoms with Crippen LogP contribution in [0, 0.1) is 0 Å². The maximum absolute atomic E-state index is 13.9. The molecular weight excluding hydrogens is 536 g/mol. The summed E-state index contributed by atoms with van der Waals surface area (Å²) in [4.78, 5) is 32.8. The van der Waals surface area contributed by atoms with Gasteiger partial charge in [-0.25, -0.2) is 9.79 Å². The number of methoxy groups -OCH3 is 2. The van der Waals surface area contributed by atoms with Crippen molar-refractivity contribution in [3.8, 4) is 11.5 Å². The highest BCUT2D eigenvalue weighted by atomic mass is 35.5. The predicted octanol–water partition coefficient (Wildman–Crippen LogP) is 4.61. The molecule has 0 saturated carbocycles. The van der Waals surface area contributed by atoms with Crippen LogP contribution in [0.1, 0.15) is 29.7 Å². The number of hydrogen-bond acceptors (Lipinski definition) is 7. The van der Waals surface area contributed by atoms with Crippen LogP contribution in [0.15, 0.2) is 88.2 Å². The number of thiazole rings is 1. The second-order valence-corrected chi connectivity index (χ2v) is 10.0. The van der Waals surface area contributed by atoms with Crippen molar-refractivity contribution >= 4 is 40.7 Å². The molecule has 2 heterocycles. The van der Waals surface area contributed by atoms with Gasteiger partial charge in [0.25, 0.3) is 5.56 Å². The number of aromatic nitrogens is 1. The number of rotatable bonds is 7. The molecule has 3 aromatic carbocycles. The summed E-state index contributed by atoms with van der Waals surface area (Å²) in [5, 5.41) is 0.605. The molecule has 1 atom stereocenters. The lowest BCUT2D eigenvalue weighted by molar-refractivity contribution is -0.138. The number of nitrogens with zero attached hydrogens (tertiary/aromatic N) is 2. The summed E-state index contributed by atoms with van der Waals surface area (Å²) in [7, 11) is 3.09. The monoisotopic (exact) mass is 560 g/mol. The van der Waals surface area contributed by atoms with Gasteiger partial charge in [-0.2, -0.15) is 0 Å². The molecule has 4 aromatic rings. The highest BCUT2D eigenvalue weighted by molar-refractivity contribution is 7.07. The quantitative estimate of drug-likeness (QED) is 0.309. The third kappa shape index (κ3) is 5.13. The van der Waals surface area contributed by atoms with Crippen molar-refractivity contribution in [2.45, 2.75) is 13.0 Å². The van der Waals surface area contributed by atoms with Crippen LogP contribution in [0.25, 0.3) is 11.8 Å². The van der Waals surface area contributed by atoms with E-state index in [-0.39, 0.29) is 17.7 Å². The molecule has 0 amide bonds. The summed E-state index contributed by atoms with van der Waals surface area (Å²) in [6.07, 6.45) is 1.79. The van der Waals surface area contributed by atoms with Crippen LogP contribution in [0.5, 0.6) is 11.5 Å². The van der Waals surface area contributed by atoms with Gasteiger partial charge in [-0.15, -0.1) is 0 Å². The first-order valence-electron chi connectivity index (χ1n) is 12.2. The number of carbonyl (C=O) groups is 1. The molecule has 1 aromatic heterocycles. The second kappa shape index (κ2) is 11.3. The molecule has 1 aliphatic rings. The van der Waals surface area contributed by atoms with Gasteiger partial charge in [0.15, 0.2) is 16.3 Å². The Morgan fingerprint density at radius 1 is 1.03 bits per heavy atom. The lowest BCUT2D eigenvalue weighted by Crippen LogP contribution is -2.40. The molecular formula is C30H25ClN2O5S. The molecule has 0 N–H and O–H groups in total. The number of ether oxygens (including phenoxy) is 3. The minimum absolute atomic E-state index is 0.171. The van der Waals surface area contributed by atoms with Crippen molar-refractivity contribution in [2.75, 3.05) is 20.8 Å². The van der Waals surface area contributed by atoms with Crippen LogP contribution in [0.4, 0.5) is 0 Å². The zero-order valence-corrected chi connectivity index (χ0v) is 23.1. The molecule has 39 heavy (non-hydrogen) atoms. The van der Waals surface area contributed by atoms with Crippen LogP contribution < -0.4 is 24.4 Å². The number of carbonyl (C=O) groups excluding carboxylic acids is 1. The first kappa shape index (κ1) is 26.5. The summed E-state index contributed by atoms with van der Waals surface area (Å²) < 4.78 is 18.5. The maximum Gasteiger partial charge on any atom is 0.338 e. The van der Waals surface area contributed by atoms with E-state index in [1.54, 1.807) is 48.9 Å². The lowest BCUT2D eigenvalue weighted by atomic mass is 9.93. The van der Waals surface area contributed by atoms with E-state index >= 15 is 0 Å². The molecule has 0 radical (unpaired) electrons. The average Bonchev–Trinajstić information content (AvgIpc) is 3.27. The van der Waals surface area contributed by atoms with E-state index in [0.29, 0.717) is 37.1 Å². The molecule has 5 rings (SSSR count). The van der Waals surface area contributed by atoms with E-state index < -0.39 is 12.0 Å². The highest BCUT2D eigenvalue weighted by Crippen LogP contribution is 2.38. The fraction of sp³-hybridized carbons (Fsp3) is 0.167. The minimum Gasteiger partial charge on any atom is -0.493 e. The van der Waals surface area contributed by atoms with Crippen LogP contribution in [0.2, 0.25) is 5.02 Å². The largest absolute Gasteiger partial charge is 0.493 e. The van der Waals surface area contributed by atoms with Crippen molar-refractivity contribution in [1.29, 1.82) is 0 Å². The number of hydrogen-bond donors (Lipinski definition) is 0. The summed E-state index contributed by atoms with van der Waals surface area (Å²) in [6, 6.07) is 21.1. The van der Waals surface area contributed by atoms with Gasteiger partial charge in [0.1, 0.15) is 0 Å². The Bertz CT molecular complexity index is 1740. The van der Waals surface area contributed by atoms with Gasteiger partial charge < -0.3 is 14.2 Å².